The van der Waals surface area contributed by atoms with E-state index in [0.29, 0.717) is 21.8 Å². The predicted octanol–water partition coefficient (Wildman–Crippen LogP) is 3.68. The molecule has 126 valence electrons. The summed E-state index contributed by atoms with van der Waals surface area (Å²) in [6, 6.07) is 10.8. The molecule has 0 bridgehead atoms. The Morgan fingerprint density at radius 3 is 2.64 bits per heavy atom. The lowest BCUT2D eigenvalue weighted by Crippen LogP contribution is -2.38. The summed E-state index contributed by atoms with van der Waals surface area (Å²) in [5, 5.41) is 0.428. The molecule has 0 aliphatic carbocycles. The second kappa shape index (κ2) is 5.43. The summed E-state index contributed by atoms with van der Waals surface area (Å²) in [5.74, 6) is -0.889. The van der Waals surface area contributed by atoms with E-state index in [0.717, 1.165) is 0 Å². The summed E-state index contributed by atoms with van der Waals surface area (Å²) in [6.45, 7) is 0. The van der Waals surface area contributed by atoms with Crippen molar-refractivity contribution in [2.75, 3.05) is 11.9 Å². The summed E-state index contributed by atoms with van der Waals surface area (Å²) >= 11 is 6.22. The maximum atomic E-state index is 13.0. The van der Waals surface area contributed by atoms with Crippen LogP contribution in [0.5, 0.6) is 0 Å². The first-order valence-electron chi connectivity index (χ1n) is 7.69. The van der Waals surface area contributed by atoms with Crippen LogP contribution in [0.2, 0.25) is 5.02 Å². The fourth-order valence-corrected chi connectivity index (χ4v) is 3.65. The number of hydrogen-bond donors (Lipinski definition) is 0. The third-order valence-electron chi connectivity index (χ3n) is 4.54. The number of fused-ring (bicyclic) bond motifs is 2. The van der Waals surface area contributed by atoms with E-state index >= 15 is 0 Å². The first kappa shape index (κ1) is 15.8. The molecule has 25 heavy (non-hydrogen) atoms. The van der Waals surface area contributed by atoms with E-state index in [1.165, 1.54) is 35.2 Å². The Balaban J connectivity index is 1.79. The zero-order valence-electron chi connectivity index (χ0n) is 13.3. The van der Waals surface area contributed by atoms with Crippen LogP contribution in [-0.2, 0) is 19.9 Å². The van der Waals surface area contributed by atoms with Crippen LogP contribution in [0.3, 0.4) is 0 Å². The van der Waals surface area contributed by atoms with Gasteiger partial charge in [0.1, 0.15) is 5.82 Å². The van der Waals surface area contributed by atoms with Gasteiger partial charge < -0.3 is 9.64 Å². The number of likely N-dealkylation sites (N-methyl/N-ethyl adjacent to an activating group) is 1. The molecular weight excluding hydrogens is 345 g/mol. The Bertz CT molecular complexity index is 938. The number of Topliss-reactive ketones (excluding diaryl/α,β-unsaturated/α-hetero) is 1. The first-order valence-corrected chi connectivity index (χ1v) is 8.07. The molecule has 0 saturated carbocycles. The third-order valence-corrected chi connectivity index (χ3v) is 4.85. The van der Waals surface area contributed by atoms with Crippen LogP contribution in [0.1, 0.15) is 17.5 Å². The molecule has 2 aromatic rings. The van der Waals surface area contributed by atoms with Crippen LogP contribution in [0.4, 0.5) is 10.1 Å². The summed E-state index contributed by atoms with van der Waals surface area (Å²) < 4.78 is 18.9. The Kier molecular flexibility index (Phi) is 3.44. The van der Waals surface area contributed by atoms with Crippen LogP contribution >= 0.6 is 11.6 Å². The number of nitrogens with zero attached hydrogens (tertiary/aromatic N) is 1. The van der Waals surface area contributed by atoms with Gasteiger partial charge in [-0.2, -0.15) is 0 Å². The largest absolute Gasteiger partial charge is 0.468 e. The smallest absolute Gasteiger partial charge is 0.276 e. The number of rotatable bonds is 1. The highest BCUT2D eigenvalue weighted by atomic mass is 35.5. The normalized spacial score (nSPS) is 23.5. The molecule has 1 spiro atoms. The quantitative estimate of drug-likeness (QED) is 0.731. The SMILES string of the molecule is CN1C(=O)C2(CC(=O)/C(=C/c3ccc(F)cc3)O2)c2cccc(Cl)c21. The van der Waals surface area contributed by atoms with E-state index in [9.17, 15) is 14.0 Å². The number of ketones is 1. The van der Waals surface area contributed by atoms with Crippen LogP contribution in [0, 0.1) is 5.82 Å². The van der Waals surface area contributed by atoms with Crippen molar-refractivity contribution in [2.24, 2.45) is 0 Å². The number of ether oxygens (including phenoxy) is 1. The number of benzene rings is 2. The number of para-hydroxylation sites is 1. The van der Waals surface area contributed by atoms with Gasteiger partial charge in [-0.15, -0.1) is 0 Å². The van der Waals surface area contributed by atoms with Gasteiger partial charge in [0.15, 0.2) is 5.76 Å². The maximum absolute atomic E-state index is 13.0. The highest BCUT2D eigenvalue weighted by Gasteiger charge is 2.58. The predicted molar refractivity (Wildman–Crippen MR) is 91.6 cm³/mol. The lowest BCUT2D eigenvalue weighted by Gasteiger charge is -2.21. The molecule has 1 unspecified atom stereocenters. The number of halogens is 2. The molecule has 0 N–H and O–H groups in total. The van der Waals surface area contributed by atoms with Crippen molar-refractivity contribution < 1.29 is 18.7 Å². The van der Waals surface area contributed by atoms with E-state index in [4.69, 9.17) is 16.3 Å². The molecule has 1 fully saturated rings. The summed E-state index contributed by atoms with van der Waals surface area (Å²) in [5.41, 5.74) is 0.387. The summed E-state index contributed by atoms with van der Waals surface area (Å²) in [4.78, 5) is 26.7. The lowest BCUT2D eigenvalue weighted by molar-refractivity contribution is -0.135. The van der Waals surface area contributed by atoms with Crippen molar-refractivity contribution in [3.8, 4) is 0 Å². The van der Waals surface area contributed by atoms with E-state index in [2.05, 4.69) is 0 Å². The fraction of sp³-hybridized carbons (Fsp3) is 0.158. The lowest BCUT2D eigenvalue weighted by atomic mass is 9.92. The summed E-state index contributed by atoms with van der Waals surface area (Å²) in [7, 11) is 1.61. The standard InChI is InChI=1S/C19H13ClFNO3/c1-22-17-13(3-2-4-14(17)20)19(18(22)24)10-15(23)16(25-19)9-11-5-7-12(21)8-6-11/h2-9H,10H2,1H3/b16-9-. The average molecular weight is 358 g/mol. The molecule has 1 atom stereocenters. The van der Waals surface area contributed by atoms with Gasteiger partial charge in [0, 0.05) is 12.6 Å². The summed E-state index contributed by atoms with van der Waals surface area (Å²) in [6.07, 6.45) is 1.43. The van der Waals surface area contributed by atoms with Crippen molar-refractivity contribution in [1.29, 1.82) is 0 Å². The van der Waals surface area contributed by atoms with Gasteiger partial charge in [-0.3, -0.25) is 9.59 Å². The molecule has 2 aromatic carbocycles. The average Bonchev–Trinajstić information content (AvgIpc) is 3.02. The van der Waals surface area contributed by atoms with Crippen LogP contribution in [0.25, 0.3) is 6.08 Å². The maximum Gasteiger partial charge on any atom is 0.276 e. The Hall–Kier alpha value is -2.66. The van der Waals surface area contributed by atoms with Crippen molar-refractivity contribution in [2.45, 2.75) is 12.0 Å². The molecular formula is C19H13ClFNO3. The number of amides is 1. The Morgan fingerprint density at radius 2 is 1.92 bits per heavy atom. The van der Waals surface area contributed by atoms with Crippen LogP contribution in [0.15, 0.2) is 48.2 Å². The van der Waals surface area contributed by atoms with E-state index in [-0.39, 0.29) is 29.7 Å². The van der Waals surface area contributed by atoms with Crippen molar-refractivity contribution >= 4 is 35.1 Å². The minimum absolute atomic E-state index is 0.0844. The molecule has 2 aliphatic rings. The topological polar surface area (TPSA) is 46.6 Å². The number of hydrogen-bond acceptors (Lipinski definition) is 3. The molecule has 4 rings (SSSR count). The molecule has 1 amide bonds. The van der Waals surface area contributed by atoms with Crippen LogP contribution < -0.4 is 4.90 Å². The van der Waals surface area contributed by atoms with Crippen LogP contribution in [-0.4, -0.2) is 18.7 Å². The van der Waals surface area contributed by atoms with E-state index in [1.54, 1.807) is 25.2 Å². The fourth-order valence-electron chi connectivity index (χ4n) is 3.35. The second-order valence-electron chi connectivity index (χ2n) is 6.09. The zero-order valence-corrected chi connectivity index (χ0v) is 14.0. The minimum atomic E-state index is -1.38. The monoisotopic (exact) mass is 357 g/mol. The van der Waals surface area contributed by atoms with Crippen molar-refractivity contribution in [1.82, 2.24) is 0 Å². The molecule has 0 aromatic heterocycles. The molecule has 2 heterocycles. The molecule has 2 aliphatic heterocycles. The number of carbonyl (C=O) groups excluding carboxylic acids is 2. The molecule has 6 heteroatoms. The van der Waals surface area contributed by atoms with Gasteiger partial charge in [-0.05, 0) is 29.8 Å². The van der Waals surface area contributed by atoms with Gasteiger partial charge in [0.05, 0.1) is 17.1 Å². The molecule has 0 radical (unpaired) electrons. The van der Waals surface area contributed by atoms with Crippen molar-refractivity contribution in [3.63, 3.8) is 0 Å². The van der Waals surface area contributed by atoms with Gasteiger partial charge in [-0.1, -0.05) is 35.9 Å². The Morgan fingerprint density at radius 1 is 1.20 bits per heavy atom. The second-order valence-corrected chi connectivity index (χ2v) is 6.50. The van der Waals surface area contributed by atoms with E-state index < -0.39 is 5.60 Å². The van der Waals surface area contributed by atoms with Crippen molar-refractivity contribution in [3.05, 3.63) is 70.2 Å². The highest BCUT2D eigenvalue weighted by molar-refractivity contribution is 6.35. The molecule has 4 nitrogen and oxygen atoms in total. The van der Waals surface area contributed by atoms with Gasteiger partial charge >= 0.3 is 0 Å². The number of carbonyl (C=O) groups is 2. The third kappa shape index (κ3) is 2.27. The van der Waals surface area contributed by atoms with Gasteiger partial charge in [-0.25, -0.2) is 4.39 Å². The Labute approximate surface area is 148 Å². The number of allylic oxidation sites excluding steroid dienone is 1. The molecule has 1 saturated heterocycles. The first-order chi connectivity index (χ1) is 11.9. The highest BCUT2D eigenvalue weighted by Crippen LogP contribution is 2.51. The minimum Gasteiger partial charge on any atom is -0.468 e. The van der Waals surface area contributed by atoms with E-state index in [1.807, 2.05) is 0 Å². The number of anilines is 1. The zero-order chi connectivity index (χ0) is 17.8. The van der Waals surface area contributed by atoms with Gasteiger partial charge in [0.2, 0.25) is 11.4 Å². The van der Waals surface area contributed by atoms with Gasteiger partial charge in [0.25, 0.3) is 5.91 Å².